The van der Waals surface area contributed by atoms with E-state index in [1.165, 1.54) is 0 Å². The minimum atomic E-state index is -1.18. The lowest BCUT2D eigenvalue weighted by molar-refractivity contribution is -0.0394. The lowest BCUT2D eigenvalue weighted by Gasteiger charge is -2.47. The molecule has 0 aliphatic carbocycles. The van der Waals surface area contributed by atoms with Crippen molar-refractivity contribution < 1.29 is 9.50 Å². The highest BCUT2D eigenvalue weighted by molar-refractivity contribution is 5.03. The standard InChI is InChI=1S/C9H18FNO/c1-8(2)5-6(12)7(10)9(3,4)11-8/h6-7,11-12H,5H2,1-4H3/t6-,7-/m1/s1. The fourth-order valence-corrected chi connectivity index (χ4v) is 2.10. The highest BCUT2D eigenvalue weighted by Crippen LogP contribution is 2.30. The van der Waals surface area contributed by atoms with Gasteiger partial charge in [0.1, 0.15) is 6.17 Å². The highest BCUT2D eigenvalue weighted by Gasteiger charge is 2.45. The summed E-state index contributed by atoms with van der Waals surface area (Å²) in [5.74, 6) is 0. The van der Waals surface area contributed by atoms with E-state index in [1.807, 2.05) is 13.8 Å². The molecule has 2 nitrogen and oxygen atoms in total. The van der Waals surface area contributed by atoms with Crippen LogP contribution in [0.15, 0.2) is 0 Å². The summed E-state index contributed by atoms with van der Waals surface area (Å²) in [5, 5.41) is 12.6. The van der Waals surface area contributed by atoms with Crippen molar-refractivity contribution in [2.24, 2.45) is 0 Å². The molecule has 2 N–H and O–H groups in total. The summed E-state index contributed by atoms with van der Waals surface area (Å²) in [6, 6.07) is 0. The molecule has 0 aromatic heterocycles. The van der Waals surface area contributed by atoms with Crippen LogP contribution in [-0.2, 0) is 0 Å². The highest BCUT2D eigenvalue weighted by atomic mass is 19.1. The lowest BCUT2D eigenvalue weighted by atomic mass is 9.79. The summed E-state index contributed by atoms with van der Waals surface area (Å²) < 4.78 is 13.4. The number of piperidine rings is 1. The van der Waals surface area contributed by atoms with E-state index in [-0.39, 0.29) is 5.54 Å². The van der Waals surface area contributed by atoms with Crippen molar-refractivity contribution in [3.63, 3.8) is 0 Å². The molecule has 0 bridgehead atoms. The average Bonchev–Trinajstić information content (AvgIpc) is 1.79. The zero-order chi connectivity index (χ0) is 9.57. The summed E-state index contributed by atoms with van der Waals surface area (Å²) >= 11 is 0. The number of hydrogen-bond donors (Lipinski definition) is 2. The van der Waals surface area contributed by atoms with Crippen LogP contribution in [-0.4, -0.2) is 28.5 Å². The fourth-order valence-electron chi connectivity index (χ4n) is 2.10. The van der Waals surface area contributed by atoms with E-state index >= 15 is 0 Å². The normalized spacial score (nSPS) is 39.5. The number of halogens is 1. The Morgan fingerprint density at radius 1 is 1.33 bits per heavy atom. The first kappa shape index (κ1) is 9.93. The van der Waals surface area contributed by atoms with Crippen molar-refractivity contribution in [1.29, 1.82) is 0 Å². The van der Waals surface area contributed by atoms with Gasteiger partial charge in [-0.05, 0) is 34.1 Å². The van der Waals surface area contributed by atoms with Crippen molar-refractivity contribution in [1.82, 2.24) is 5.32 Å². The Kier molecular flexibility index (Phi) is 2.21. The predicted octanol–water partition coefficient (Wildman–Crippen LogP) is 1.24. The lowest BCUT2D eigenvalue weighted by Crippen LogP contribution is -2.65. The molecule has 0 amide bonds. The molecule has 1 rings (SSSR count). The zero-order valence-corrected chi connectivity index (χ0v) is 8.19. The molecule has 0 aromatic carbocycles. The minimum absolute atomic E-state index is 0.175. The largest absolute Gasteiger partial charge is 0.390 e. The van der Waals surface area contributed by atoms with Crippen LogP contribution in [0.2, 0.25) is 0 Å². The molecule has 0 unspecified atom stereocenters. The molecule has 0 radical (unpaired) electrons. The molecule has 1 heterocycles. The van der Waals surface area contributed by atoms with E-state index in [2.05, 4.69) is 5.32 Å². The maximum atomic E-state index is 13.4. The molecular formula is C9H18FNO. The first-order valence-corrected chi connectivity index (χ1v) is 4.36. The Morgan fingerprint density at radius 3 is 2.25 bits per heavy atom. The molecular weight excluding hydrogens is 157 g/mol. The van der Waals surface area contributed by atoms with Crippen LogP contribution >= 0.6 is 0 Å². The Morgan fingerprint density at radius 2 is 1.83 bits per heavy atom. The van der Waals surface area contributed by atoms with Crippen molar-refractivity contribution >= 4 is 0 Å². The topological polar surface area (TPSA) is 32.3 Å². The van der Waals surface area contributed by atoms with Gasteiger partial charge in [0.15, 0.2) is 0 Å². The maximum Gasteiger partial charge on any atom is 0.143 e. The average molecular weight is 175 g/mol. The van der Waals surface area contributed by atoms with E-state index in [4.69, 9.17) is 0 Å². The van der Waals surface area contributed by atoms with E-state index < -0.39 is 17.8 Å². The number of rotatable bonds is 0. The van der Waals surface area contributed by atoms with Crippen molar-refractivity contribution in [3.8, 4) is 0 Å². The molecule has 12 heavy (non-hydrogen) atoms. The van der Waals surface area contributed by atoms with Gasteiger partial charge in [-0.25, -0.2) is 4.39 Å². The second-order valence-corrected chi connectivity index (χ2v) is 4.90. The second kappa shape index (κ2) is 2.67. The Bertz CT molecular complexity index is 179. The third-order valence-electron chi connectivity index (χ3n) is 2.41. The summed E-state index contributed by atoms with van der Waals surface area (Å²) in [7, 11) is 0. The molecule has 1 aliphatic heterocycles. The first-order valence-electron chi connectivity index (χ1n) is 4.36. The third kappa shape index (κ3) is 1.77. The number of hydrogen-bond acceptors (Lipinski definition) is 2. The summed E-state index contributed by atoms with van der Waals surface area (Å²) in [5.41, 5.74) is -0.799. The van der Waals surface area contributed by atoms with Crippen LogP contribution in [0, 0.1) is 0 Å². The number of nitrogens with one attached hydrogen (secondary N) is 1. The predicted molar refractivity (Wildman–Crippen MR) is 46.8 cm³/mol. The number of aliphatic hydroxyl groups excluding tert-OH is 1. The Balaban J connectivity index is 2.80. The minimum Gasteiger partial charge on any atom is -0.390 e. The molecule has 1 aliphatic rings. The monoisotopic (exact) mass is 175 g/mol. The summed E-state index contributed by atoms with van der Waals surface area (Å²) in [4.78, 5) is 0. The van der Waals surface area contributed by atoms with Crippen LogP contribution in [0.5, 0.6) is 0 Å². The van der Waals surface area contributed by atoms with Crippen molar-refractivity contribution in [3.05, 3.63) is 0 Å². The molecule has 0 spiro atoms. The molecule has 72 valence electrons. The van der Waals surface area contributed by atoms with Crippen LogP contribution in [0.3, 0.4) is 0 Å². The summed E-state index contributed by atoms with van der Waals surface area (Å²) in [6.45, 7) is 7.51. The SMILES string of the molecule is CC1(C)C[C@@H](O)[C@@H](F)C(C)(C)N1. The zero-order valence-electron chi connectivity index (χ0n) is 8.19. The van der Waals surface area contributed by atoms with E-state index in [0.717, 1.165) is 0 Å². The van der Waals surface area contributed by atoms with Gasteiger partial charge < -0.3 is 10.4 Å². The maximum absolute atomic E-state index is 13.4. The van der Waals surface area contributed by atoms with E-state index in [0.29, 0.717) is 6.42 Å². The van der Waals surface area contributed by atoms with Gasteiger partial charge >= 0.3 is 0 Å². The molecule has 0 aromatic rings. The molecule has 0 saturated carbocycles. The molecule has 3 heteroatoms. The van der Waals surface area contributed by atoms with Crippen molar-refractivity contribution in [2.75, 3.05) is 0 Å². The van der Waals surface area contributed by atoms with Gasteiger partial charge in [-0.1, -0.05) is 0 Å². The molecule has 2 atom stereocenters. The van der Waals surface area contributed by atoms with Gasteiger partial charge in [0.2, 0.25) is 0 Å². The van der Waals surface area contributed by atoms with Crippen LogP contribution in [0.1, 0.15) is 34.1 Å². The smallest absolute Gasteiger partial charge is 0.143 e. The van der Waals surface area contributed by atoms with Gasteiger partial charge in [-0.15, -0.1) is 0 Å². The molecule has 1 fully saturated rings. The number of aliphatic hydroxyl groups is 1. The van der Waals surface area contributed by atoms with Gasteiger partial charge in [-0.3, -0.25) is 0 Å². The van der Waals surface area contributed by atoms with Crippen LogP contribution in [0.25, 0.3) is 0 Å². The van der Waals surface area contributed by atoms with Gasteiger partial charge in [0, 0.05) is 11.1 Å². The van der Waals surface area contributed by atoms with E-state index in [9.17, 15) is 9.50 Å². The Hall–Kier alpha value is -0.150. The fraction of sp³-hybridized carbons (Fsp3) is 1.00. The van der Waals surface area contributed by atoms with Crippen LogP contribution < -0.4 is 5.32 Å². The second-order valence-electron chi connectivity index (χ2n) is 4.90. The quantitative estimate of drug-likeness (QED) is 0.580. The van der Waals surface area contributed by atoms with Gasteiger partial charge in [0.25, 0.3) is 0 Å². The van der Waals surface area contributed by atoms with E-state index in [1.54, 1.807) is 13.8 Å². The Labute approximate surface area is 73.2 Å². The van der Waals surface area contributed by atoms with Crippen molar-refractivity contribution in [2.45, 2.75) is 57.5 Å². The third-order valence-corrected chi connectivity index (χ3v) is 2.41. The van der Waals surface area contributed by atoms with Gasteiger partial charge in [-0.2, -0.15) is 0 Å². The molecule has 1 saturated heterocycles. The first-order chi connectivity index (χ1) is 5.25. The summed E-state index contributed by atoms with van der Waals surface area (Å²) in [6.07, 6.45) is -1.54. The number of alkyl halides is 1. The van der Waals surface area contributed by atoms with Crippen LogP contribution in [0.4, 0.5) is 4.39 Å². The van der Waals surface area contributed by atoms with Gasteiger partial charge in [0.05, 0.1) is 6.10 Å².